The number of carbonyl (C=O) groups is 1. The molecule has 0 aromatic heterocycles. The van der Waals surface area contributed by atoms with Gasteiger partial charge in [0.2, 0.25) is 5.90 Å². The van der Waals surface area contributed by atoms with Crippen LogP contribution in [0.25, 0.3) is 6.08 Å². The van der Waals surface area contributed by atoms with Crippen LogP contribution in [0.3, 0.4) is 0 Å². The van der Waals surface area contributed by atoms with Crippen molar-refractivity contribution >= 4 is 17.9 Å². The Bertz CT molecular complexity index is 1140. The van der Waals surface area contributed by atoms with Crippen molar-refractivity contribution in [1.29, 1.82) is 0 Å². The molecule has 0 saturated heterocycles. The number of rotatable bonds is 5. The number of hydrogen-bond acceptors (Lipinski definition) is 4. The van der Waals surface area contributed by atoms with E-state index in [0.717, 1.165) is 0 Å². The SMILES string of the molecule is O=C1OC(c2ccccc2F)=N/C1=C/c1ccccc1OCc1ccccc1F. The highest BCUT2D eigenvalue weighted by molar-refractivity contribution is 6.13. The molecule has 4 nitrogen and oxygen atoms in total. The summed E-state index contributed by atoms with van der Waals surface area (Å²) in [5.74, 6) is -1.22. The normalized spacial score (nSPS) is 14.6. The summed E-state index contributed by atoms with van der Waals surface area (Å²) in [6.07, 6.45) is 1.49. The largest absolute Gasteiger partial charge is 0.488 e. The van der Waals surface area contributed by atoms with E-state index >= 15 is 0 Å². The van der Waals surface area contributed by atoms with E-state index in [1.165, 1.54) is 30.3 Å². The Morgan fingerprint density at radius 1 is 0.897 bits per heavy atom. The molecule has 0 bridgehead atoms. The molecule has 3 aromatic carbocycles. The van der Waals surface area contributed by atoms with Crippen molar-refractivity contribution in [2.45, 2.75) is 6.61 Å². The fraction of sp³-hybridized carbons (Fsp3) is 0.0435. The van der Waals surface area contributed by atoms with Crippen molar-refractivity contribution in [3.05, 3.63) is 107 Å². The molecule has 3 aromatic rings. The number of para-hydroxylation sites is 1. The average Bonchev–Trinajstić information content (AvgIpc) is 3.09. The lowest BCUT2D eigenvalue weighted by Gasteiger charge is -2.10. The molecule has 1 aliphatic rings. The van der Waals surface area contributed by atoms with Gasteiger partial charge in [0, 0.05) is 11.1 Å². The maximum atomic E-state index is 13.9. The third kappa shape index (κ3) is 4.06. The molecule has 0 radical (unpaired) electrons. The van der Waals surface area contributed by atoms with Crippen LogP contribution < -0.4 is 4.74 Å². The van der Waals surface area contributed by atoms with E-state index in [-0.39, 0.29) is 29.6 Å². The lowest BCUT2D eigenvalue weighted by atomic mass is 10.1. The predicted octanol–water partition coefficient (Wildman–Crippen LogP) is 4.89. The number of ether oxygens (including phenoxy) is 2. The summed E-state index contributed by atoms with van der Waals surface area (Å²) in [6, 6.07) is 19.2. The van der Waals surface area contributed by atoms with Gasteiger partial charge in [0.25, 0.3) is 0 Å². The van der Waals surface area contributed by atoms with Gasteiger partial charge in [-0.3, -0.25) is 0 Å². The highest BCUT2D eigenvalue weighted by Gasteiger charge is 2.26. The van der Waals surface area contributed by atoms with Crippen molar-refractivity contribution < 1.29 is 23.0 Å². The third-order valence-corrected chi connectivity index (χ3v) is 4.28. The van der Waals surface area contributed by atoms with Crippen LogP contribution in [0.1, 0.15) is 16.7 Å². The molecular formula is C23H15F2NO3. The zero-order valence-electron chi connectivity index (χ0n) is 15.1. The number of esters is 1. The first kappa shape index (κ1) is 18.6. The van der Waals surface area contributed by atoms with Crippen LogP contribution in [0.4, 0.5) is 8.78 Å². The molecule has 0 spiro atoms. The van der Waals surface area contributed by atoms with E-state index in [2.05, 4.69) is 4.99 Å². The van der Waals surface area contributed by atoms with Gasteiger partial charge >= 0.3 is 5.97 Å². The van der Waals surface area contributed by atoms with Gasteiger partial charge in [-0.15, -0.1) is 0 Å². The van der Waals surface area contributed by atoms with Crippen molar-refractivity contribution in [2.75, 3.05) is 0 Å². The second-order valence-electron chi connectivity index (χ2n) is 6.23. The molecule has 6 heteroatoms. The number of cyclic esters (lactones) is 1. The Morgan fingerprint density at radius 3 is 2.38 bits per heavy atom. The lowest BCUT2D eigenvalue weighted by molar-refractivity contribution is -0.129. The van der Waals surface area contributed by atoms with Gasteiger partial charge in [-0.25, -0.2) is 18.6 Å². The monoisotopic (exact) mass is 391 g/mol. The Kier molecular flexibility index (Phi) is 5.16. The number of aliphatic imine (C=N–C) groups is 1. The smallest absolute Gasteiger partial charge is 0.363 e. The predicted molar refractivity (Wildman–Crippen MR) is 104 cm³/mol. The van der Waals surface area contributed by atoms with E-state index < -0.39 is 11.8 Å². The summed E-state index contributed by atoms with van der Waals surface area (Å²) in [7, 11) is 0. The van der Waals surface area contributed by atoms with E-state index in [9.17, 15) is 13.6 Å². The fourth-order valence-corrected chi connectivity index (χ4v) is 2.81. The molecule has 144 valence electrons. The lowest BCUT2D eigenvalue weighted by Crippen LogP contribution is -2.07. The molecule has 0 unspecified atom stereocenters. The zero-order chi connectivity index (χ0) is 20.2. The minimum atomic E-state index is -0.688. The topological polar surface area (TPSA) is 47.9 Å². The standard InChI is InChI=1S/C23H15F2NO3/c24-18-10-4-1-8-16(18)14-28-21-12-6-2-7-15(21)13-20-23(27)29-22(26-20)17-9-3-5-11-19(17)25/h1-13H,14H2/b20-13+. The Labute approximate surface area is 165 Å². The Hall–Kier alpha value is -3.80. The minimum Gasteiger partial charge on any atom is -0.488 e. The van der Waals surface area contributed by atoms with Gasteiger partial charge in [-0.1, -0.05) is 48.5 Å². The first-order valence-corrected chi connectivity index (χ1v) is 8.84. The average molecular weight is 391 g/mol. The van der Waals surface area contributed by atoms with Gasteiger partial charge in [-0.05, 0) is 30.3 Å². The van der Waals surface area contributed by atoms with Crippen molar-refractivity contribution in [3.8, 4) is 5.75 Å². The summed E-state index contributed by atoms with van der Waals surface area (Å²) in [5.41, 5.74) is 1.10. The van der Waals surface area contributed by atoms with Gasteiger partial charge < -0.3 is 9.47 Å². The Morgan fingerprint density at radius 2 is 1.59 bits per heavy atom. The molecule has 29 heavy (non-hydrogen) atoms. The van der Waals surface area contributed by atoms with E-state index in [0.29, 0.717) is 16.9 Å². The second-order valence-corrected chi connectivity index (χ2v) is 6.23. The Balaban J connectivity index is 1.61. The molecule has 0 amide bonds. The van der Waals surface area contributed by atoms with E-state index in [1.54, 1.807) is 48.5 Å². The molecule has 0 N–H and O–H groups in total. The maximum Gasteiger partial charge on any atom is 0.363 e. The van der Waals surface area contributed by atoms with Gasteiger partial charge in [0.15, 0.2) is 5.70 Å². The van der Waals surface area contributed by atoms with E-state index in [1.807, 2.05) is 0 Å². The summed E-state index contributed by atoms with van der Waals surface area (Å²) in [5, 5.41) is 0. The van der Waals surface area contributed by atoms with E-state index in [4.69, 9.17) is 9.47 Å². The third-order valence-electron chi connectivity index (χ3n) is 4.28. The second kappa shape index (κ2) is 8.06. The van der Waals surface area contributed by atoms with Crippen molar-refractivity contribution in [3.63, 3.8) is 0 Å². The first-order valence-electron chi connectivity index (χ1n) is 8.84. The van der Waals surface area contributed by atoms with Crippen LogP contribution in [0.2, 0.25) is 0 Å². The maximum absolute atomic E-state index is 13.9. The summed E-state index contributed by atoms with van der Waals surface area (Å²) < 4.78 is 38.6. The van der Waals surface area contributed by atoms with Gasteiger partial charge in [0.05, 0.1) is 5.56 Å². The van der Waals surface area contributed by atoms with Crippen LogP contribution in [0.15, 0.2) is 83.5 Å². The molecule has 0 aliphatic carbocycles. The quantitative estimate of drug-likeness (QED) is 0.460. The highest BCUT2D eigenvalue weighted by Crippen LogP contribution is 2.26. The molecule has 0 fully saturated rings. The summed E-state index contributed by atoms with van der Waals surface area (Å²) >= 11 is 0. The van der Waals surface area contributed by atoms with Crippen LogP contribution in [-0.4, -0.2) is 11.9 Å². The molecule has 0 saturated carbocycles. The first-order chi connectivity index (χ1) is 14.1. The number of halogens is 2. The number of hydrogen-bond donors (Lipinski definition) is 0. The summed E-state index contributed by atoms with van der Waals surface area (Å²) in [6.45, 7) is 0.0288. The highest BCUT2D eigenvalue weighted by atomic mass is 19.1. The molecule has 1 heterocycles. The number of benzene rings is 3. The van der Waals surface area contributed by atoms with Crippen LogP contribution >= 0.6 is 0 Å². The van der Waals surface area contributed by atoms with Gasteiger partial charge in [0.1, 0.15) is 24.0 Å². The van der Waals surface area contributed by atoms with Crippen LogP contribution in [0, 0.1) is 11.6 Å². The van der Waals surface area contributed by atoms with Crippen LogP contribution in [0.5, 0.6) is 5.75 Å². The fourth-order valence-electron chi connectivity index (χ4n) is 2.81. The molecule has 0 atom stereocenters. The van der Waals surface area contributed by atoms with Crippen molar-refractivity contribution in [1.82, 2.24) is 0 Å². The minimum absolute atomic E-state index is 0.0187. The van der Waals surface area contributed by atoms with Crippen LogP contribution in [-0.2, 0) is 16.1 Å². The molecule has 4 rings (SSSR count). The molecular weight excluding hydrogens is 376 g/mol. The molecule has 1 aliphatic heterocycles. The summed E-state index contributed by atoms with van der Waals surface area (Å²) in [4.78, 5) is 16.3. The van der Waals surface area contributed by atoms with Gasteiger partial charge in [-0.2, -0.15) is 0 Å². The zero-order valence-corrected chi connectivity index (χ0v) is 15.1. The number of carbonyl (C=O) groups excluding carboxylic acids is 1. The van der Waals surface area contributed by atoms with Crippen molar-refractivity contribution in [2.24, 2.45) is 4.99 Å². The number of nitrogens with zero attached hydrogens (tertiary/aromatic N) is 1.